The van der Waals surface area contributed by atoms with E-state index in [4.69, 9.17) is 0 Å². The molecule has 0 saturated heterocycles. The lowest BCUT2D eigenvalue weighted by Crippen LogP contribution is -2.10. The van der Waals surface area contributed by atoms with Crippen LogP contribution in [0, 0.1) is 23.7 Å². The van der Waals surface area contributed by atoms with E-state index in [2.05, 4.69) is 6.26 Å². The molecule has 0 aliphatic carbocycles. The lowest BCUT2D eigenvalue weighted by atomic mass is 10.3. The van der Waals surface area contributed by atoms with Crippen LogP contribution in [0.4, 0.5) is 18.9 Å². The first-order valence-electron chi connectivity index (χ1n) is 3.30. The van der Waals surface area contributed by atoms with Crippen molar-refractivity contribution < 1.29 is 21.6 Å². The molecule has 0 heterocycles. The minimum absolute atomic E-state index is 0.603. The van der Waals surface area contributed by atoms with Crippen molar-refractivity contribution in [3.63, 3.8) is 0 Å². The van der Waals surface area contributed by atoms with Gasteiger partial charge >= 0.3 is 0 Å². The lowest BCUT2D eigenvalue weighted by Gasteiger charge is -2.05. The first-order chi connectivity index (χ1) is 6.31. The quantitative estimate of drug-likeness (QED) is 0.776. The molecular formula is C7H5F3NO2S. The van der Waals surface area contributed by atoms with E-state index in [0.29, 0.717) is 6.07 Å². The number of nitrogens with one attached hydrogen (secondary N) is 1. The Morgan fingerprint density at radius 1 is 1.14 bits per heavy atom. The Balaban J connectivity index is 3.19. The van der Waals surface area contributed by atoms with Gasteiger partial charge in [-0.3, -0.25) is 4.72 Å². The van der Waals surface area contributed by atoms with Crippen molar-refractivity contribution in [3.05, 3.63) is 35.8 Å². The van der Waals surface area contributed by atoms with Crippen molar-refractivity contribution >= 4 is 15.7 Å². The molecule has 14 heavy (non-hydrogen) atoms. The van der Waals surface area contributed by atoms with Crippen molar-refractivity contribution in [3.8, 4) is 0 Å². The monoisotopic (exact) mass is 224 g/mol. The van der Waals surface area contributed by atoms with E-state index in [-0.39, 0.29) is 0 Å². The van der Waals surface area contributed by atoms with Gasteiger partial charge in [0.25, 0.3) is 0 Å². The second-order valence-corrected chi connectivity index (χ2v) is 3.87. The van der Waals surface area contributed by atoms with Gasteiger partial charge in [0.05, 0.1) is 11.9 Å². The SMILES string of the molecule is [CH2]S(=O)(=O)Nc1ccc(F)c(F)c1F. The number of hydrogen-bond acceptors (Lipinski definition) is 2. The van der Waals surface area contributed by atoms with Gasteiger partial charge < -0.3 is 0 Å². The standard InChI is InChI=1S/C7H5F3NO2S/c1-14(12,13)11-5-3-2-4(8)6(9)7(5)10/h2-3,11H,1H2. The summed E-state index contributed by atoms with van der Waals surface area (Å²) in [6.45, 7) is 0. The van der Waals surface area contributed by atoms with Gasteiger partial charge in [0, 0.05) is 0 Å². The molecule has 0 atom stereocenters. The summed E-state index contributed by atoms with van der Waals surface area (Å²) < 4.78 is 60.5. The molecular weight excluding hydrogens is 219 g/mol. The highest BCUT2D eigenvalue weighted by atomic mass is 32.2. The third-order valence-corrected chi connectivity index (χ3v) is 1.83. The molecule has 0 aromatic heterocycles. The van der Waals surface area contributed by atoms with Gasteiger partial charge in [-0.05, 0) is 12.1 Å². The van der Waals surface area contributed by atoms with Gasteiger partial charge in [-0.25, -0.2) is 21.6 Å². The Morgan fingerprint density at radius 2 is 1.71 bits per heavy atom. The largest absolute Gasteiger partial charge is 0.280 e. The summed E-state index contributed by atoms with van der Waals surface area (Å²) >= 11 is 0. The lowest BCUT2D eigenvalue weighted by molar-refractivity contribution is 0.449. The third kappa shape index (κ3) is 2.38. The summed E-state index contributed by atoms with van der Waals surface area (Å²) in [7, 11) is -3.96. The molecule has 1 rings (SSSR count). The predicted molar refractivity (Wildman–Crippen MR) is 44.2 cm³/mol. The van der Waals surface area contributed by atoms with E-state index in [1.54, 1.807) is 4.72 Å². The van der Waals surface area contributed by atoms with Crippen LogP contribution in [0.15, 0.2) is 12.1 Å². The van der Waals surface area contributed by atoms with Crippen LogP contribution in [0.1, 0.15) is 0 Å². The number of rotatable bonds is 2. The fraction of sp³-hybridized carbons (Fsp3) is 0. The number of benzene rings is 1. The summed E-state index contributed by atoms with van der Waals surface area (Å²) in [5.41, 5.74) is -0.682. The first-order valence-corrected chi connectivity index (χ1v) is 4.96. The summed E-state index contributed by atoms with van der Waals surface area (Å²) in [4.78, 5) is 0. The van der Waals surface area contributed by atoms with E-state index in [9.17, 15) is 21.6 Å². The maximum Gasteiger partial charge on any atom is 0.233 e. The van der Waals surface area contributed by atoms with Crippen LogP contribution in [0.2, 0.25) is 0 Å². The average molecular weight is 224 g/mol. The topological polar surface area (TPSA) is 46.2 Å². The van der Waals surface area contributed by atoms with Crippen LogP contribution in [-0.4, -0.2) is 8.42 Å². The van der Waals surface area contributed by atoms with Gasteiger partial charge in [0.1, 0.15) is 0 Å². The number of halogens is 3. The van der Waals surface area contributed by atoms with Crippen molar-refractivity contribution in [2.24, 2.45) is 0 Å². The molecule has 1 N–H and O–H groups in total. The van der Waals surface area contributed by atoms with E-state index < -0.39 is 33.2 Å². The van der Waals surface area contributed by atoms with Gasteiger partial charge in [-0.15, -0.1) is 0 Å². The molecule has 0 aliphatic rings. The zero-order valence-corrected chi connectivity index (χ0v) is 7.54. The zero-order valence-electron chi connectivity index (χ0n) is 6.72. The van der Waals surface area contributed by atoms with Crippen molar-refractivity contribution in [2.45, 2.75) is 0 Å². The molecule has 0 fully saturated rings. The normalized spacial score (nSPS) is 11.4. The van der Waals surface area contributed by atoms with E-state index in [0.717, 1.165) is 6.07 Å². The van der Waals surface area contributed by atoms with Crippen LogP contribution in [-0.2, 0) is 10.0 Å². The first kappa shape index (κ1) is 10.8. The number of anilines is 1. The van der Waals surface area contributed by atoms with E-state index in [1.165, 1.54) is 0 Å². The maximum atomic E-state index is 12.8. The fourth-order valence-corrected chi connectivity index (χ4v) is 1.26. The van der Waals surface area contributed by atoms with Gasteiger partial charge in [0.2, 0.25) is 10.0 Å². The Morgan fingerprint density at radius 3 is 2.21 bits per heavy atom. The van der Waals surface area contributed by atoms with Crippen LogP contribution in [0.5, 0.6) is 0 Å². The molecule has 0 spiro atoms. The molecule has 7 heteroatoms. The molecule has 0 saturated carbocycles. The Bertz CT molecular complexity index is 458. The average Bonchev–Trinajstić information content (AvgIpc) is 2.04. The molecule has 77 valence electrons. The highest BCUT2D eigenvalue weighted by molar-refractivity contribution is 7.93. The smallest absolute Gasteiger partial charge is 0.233 e. The van der Waals surface area contributed by atoms with Crippen molar-refractivity contribution in [1.29, 1.82) is 0 Å². The maximum absolute atomic E-state index is 12.8. The minimum Gasteiger partial charge on any atom is -0.280 e. The van der Waals surface area contributed by atoms with Crippen LogP contribution in [0.3, 0.4) is 0 Å². The van der Waals surface area contributed by atoms with Gasteiger partial charge in [-0.1, -0.05) is 0 Å². The van der Waals surface area contributed by atoms with Crippen LogP contribution in [0.25, 0.3) is 0 Å². The highest BCUT2D eigenvalue weighted by Crippen LogP contribution is 2.20. The molecule has 0 bridgehead atoms. The second kappa shape index (κ2) is 3.49. The molecule has 1 radical (unpaired) electrons. The Hall–Kier alpha value is -1.24. The predicted octanol–water partition coefficient (Wildman–Crippen LogP) is 1.64. The fourth-order valence-electron chi connectivity index (χ4n) is 0.772. The van der Waals surface area contributed by atoms with E-state index >= 15 is 0 Å². The number of sulfonamides is 1. The summed E-state index contributed by atoms with van der Waals surface area (Å²) in [5.74, 6) is -4.73. The second-order valence-electron chi connectivity index (χ2n) is 2.44. The molecule has 1 aromatic rings. The zero-order chi connectivity index (χ0) is 10.9. The van der Waals surface area contributed by atoms with Gasteiger partial charge in [-0.2, -0.15) is 0 Å². The van der Waals surface area contributed by atoms with Crippen molar-refractivity contribution in [1.82, 2.24) is 0 Å². The summed E-state index contributed by atoms with van der Waals surface area (Å²) in [6.07, 6.45) is 2.64. The minimum atomic E-state index is -3.96. The summed E-state index contributed by atoms with van der Waals surface area (Å²) in [6, 6.07) is 1.36. The number of hydrogen-bond donors (Lipinski definition) is 1. The molecule has 0 unspecified atom stereocenters. The molecule has 3 nitrogen and oxygen atoms in total. The third-order valence-electron chi connectivity index (χ3n) is 1.30. The van der Waals surface area contributed by atoms with Crippen LogP contribution >= 0.6 is 0 Å². The summed E-state index contributed by atoms with van der Waals surface area (Å²) in [5, 5.41) is 0. The highest BCUT2D eigenvalue weighted by Gasteiger charge is 2.15. The van der Waals surface area contributed by atoms with Gasteiger partial charge in [0.15, 0.2) is 17.5 Å². The molecule has 1 aromatic carbocycles. The molecule has 0 aliphatic heterocycles. The Labute approximate surface area is 78.6 Å². The van der Waals surface area contributed by atoms with Crippen LogP contribution < -0.4 is 4.72 Å². The van der Waals surface area contributed by atoms with E-state index in [1.807, 2.05) is 0 Å². The van der Waals surface area contributed by atoms with Crippen molar-refractivity contribution in [2.75, 3.05) is 4.72 Å². The molecule has 0 amide bonds. The Kier molecular flexibility index (Phi) is 2.70.